The molecular weight excluding hydrogens is 320 g/mol. The monoisotopic (exact) mass is 334 g/mol. The summed E-state index contributed by atoms with van der Waals surface area (Å²) in [6.07, 6.45) is 2.39. The van der Waals surface area contributed by atoms with E-state index in [0.717, 1.165) is 4.47 Å². The van der Waals surface area contributed by atoms with Crippen LogP contribution in [0.25, 0.3) is 16.3 Å². The largest absolute Gasteiger partial charge is 0.0688 e. The van der Waals surface area contributed by atoms with Crippen molar-refractivity contribution in [3.8, 4) is 0 Å². The quantitative estimate of drug-likeness (QED) is 0.500. The van der Waals surface area contributed by atoms with Crippen molar-refractivity contribution in [2.75, 3.05) is 0 Å². The maximum atomic E-state index is 3.59. The van der Waals surface area contributed by atoms with Gasteiger partial charge in [0.15, 0.2) is 0 Å². The smallest absolute Gasteiger partial charge is 0.0178 e. The fourth-order valence-corrected chi connectivity index (χ4v) is 3.66. The first kappa shape index (κ1) is 12.8. The van der Waals surface area contributed by atoms with Crippen molar-refractivity contribution < 1.29 is 0 Å². The van der Waals surface area contributed by atoms with Crippen LogP contribution in [0.15, 0.2) is 71.2 Å². The molecule has 1 unspecified atom stereocenters. The molecule has 3 aromatic rings. The average molecular weight is 335 g/mol. The number of hydrogen-bond acceptors (Lipinski definition) is 0. The maximum Gasteiger partial charge on any atom is 0.0178 e. The van der Waals surface area contributed by atoms with Crippen LogP contribution in [0.3, 0.4) is 0 Å². The van der Waals surface area contributed by atoms with Gasteiger partial charge in [-0.05, 0) is 45.2 Å². The third-order valence-corrected chi connectivity index (χ3v) is 4.78. The predicted octanol–water partition coefficient (Wildman–Crippen LogP) is 6.15. The lowest BCUT2D eigenvalue weighted by atomic mass is 9.94. The molecule has 0 aliphatic heterocycles. The van der Waals surface area contributed by atoms with E-state index >= 15 is 0 Å². The molecular formula is C20H15Br. The molecule has 0 saturated heterocycles. The van der Waals surface area contributed by atoms with Gasteiger partial charge in [0.25, 0.3) is 0 Å². The summed E-state index contributed by atoms with van der Waals surface area (Å²) < 4.78 is 1.15. The molecule has 1 aliphatic carbocycles. The minimum atomic E-state index is 0.464. The van der Waals surface area contributed by atoms with Crippen LogP contribution in [0.5, 0.6) is 0 Å². The molecule has 0 saturated carbocycles. The van der Waals surface area contributed by atoms with Crippen LogP contribution in [0.1, 0.15) is 29.5 Å². The molecule has 0 spiro atoms. The lowest BCUT2D eigenvalue weighted by molar-refractivity contribution is 0.988. The van der Waals surface area contributed by atoms with Crippen molar-refractivity contribution in [3.05, 3.63) is 87.9 Å². The van der Waals surface area contributed by atoms with E-state index in [1.165, 1.54) is 33.0 Å². The summed E-state index contributed by atoms with van der Waals surface area (Å²) in [7, 11) is 0. The van der Waals surface area contributed by atoms with Crippen LogP contribution < -0.4 is 0 Å². The van der Waals surface area contributed by atoms with Crippen molar-refractivity contribution in [2.24, 2.45) is 0 Å². The number of allylic oxidation sites excluding steroid dienone is 1. The number of benzene rings is 3. The summed E-state index contributed by atoms with van der Waals surface area (Å²) in [4.78, 5) is 0. The first-order chi connectivity index (χ1) is 10.2. The van der Waals surface area contributed by atoms with E-state index in [0.29, 0.717) is 5.92 Å². The van der Waals surface area contributed by atoms with Gasteiger partial charge in [-0.1, -0.05) is 77.5 Å². The SMILES string of the molecule is CC1C=C(c2cccc3ccccc23)c2ccc(Br)cc21. The molecule has 1 aliphatic rings. The van der Waals surface area contributed by atoms with E-state index in [1.807, 2.05) is 0 Å². The number of rotatable bonds is 1. The average Bonchev–Trinajstić information content (AvgIpc) is 2.83. The first-order valence-electron chi connectivity index (χ1n) is 7.24. The summed E-state index contributed by atoms with van der Waals surface area (Å²) in [5.41, 5.74) is 5.47. The topological polar surface area (TPSA) is 0 Å². The standard InChI is InChI=1S/C20H15Br/c1-13-11-20(18-10-9-15(21)12-19(13)18)17-8-4-6-14-5-2-3-7-16(14)17/h2-13H,1H3. The Balaban J connectivity index is 1.97. The van der Waals surface area contributed by atoms with E-state index in [2.05, 4.69) is 89.6 Å². The van der Waals surface area contributed by atoms with Crippen molar-refractivity contribution in [1.29, 1.82) is 0 Å². The van der Waals surface area contributed by atoms with Gasteiger partial charge < -0.3 is 0 Å². The van der Waals surface area contributed by atoms with Crippen molar-refractivity contribution in [1.82, 2.24) is 0 Å². The molecule has 0 N–H and O–H groups in total. The van der Waals surface area contributed by atoms with E-state index < -0.39 is 0 Å². The summed E-state index contributed by atoms with van der Waals surface area (Å²) in [5.74, 6) is 0.464. The molecule has 4 rings (SSSR count). The van der Waals surface area contributed by atoms with Gasteiger partial charge in [0, 0.05) is 10.4 Å². The Morgan fingerprint density at radius 1 is 0.857 bits per heavy atom. The Morgan fingerprint density at radius 2 is 1.67 bits per heavy atom. The van der Waals surface area contributed by atoms with Gasteiger partial charge in [-0.15, -0.1) is 0 Å². The predicted molar refractivity (Wildman–Crippen MR) is 93.6 cm³/mol. The summed E-state index contributed by atoms with van der Waals surface area (Å²) in [5, 5.41) is 2.63. The van der Waals surface area contributed by atoms with E-state index in [4.69, 9.17) is 0 Å². The van der Waals surface area contributed by atoms with Gasteiger partial charge in [0.2, 0.25) is 0 Å². The molecule has 1 heteroatoms. The van der Waals surface area contributed by atoms with Gasteiger partial charge in [-0.2, -0.15) is 0 Å². The molecule has 102 valence electrons. The minimum Gasteiger partial charge on any atom is -0.0688 e. The van der Waals surface area contributed by atoms with Crippen molar-refractivity contribution in [3.63, 3.8) is 0 Å². The zero-order valence-corrected chi connectivity index (χ0v) is 13.4. The third-order valence-electron chi connectivity index (χ3n) is 4.29. The second kappa shape index (κ2) is 4.85. The number of fused-ring (bicyclic) bond motifs is 2. The van der Waals surface area contributed by atoms with E-state index in [1.54, 1.807) is 0 Å². The molecule has 0 radical (unpaired) electrons. The van der Waals surface area contributed by atoms with Crippen LogP contribution in [0.4, 0.5) is 0 Å². The lowest BCUT2D eigenvalue weighted by Gasteiger charge is -2.10. The van der Waals surface area contributed by atoms with E-state index in [9.17, 15) is 0 Å². The fraction of sp³-hybridized carbons (Fsp3) is 0.100. The van der Waals surface area contributed by atoms with Crippen LogP contribution >= 0.6 is 15.9 Å². The highest BCUT2D eigenvalue weighted by atomic mass is 79.9. The molecule has 0 fully saturated rings. The molecule has 21 heavy (non-hydrogen) atoms. The Bertz CT molecular complexity index is 869. The first-order valence-corrected chi connectivity index (χ1v) is 8.03. The molecule has 3 aromatic carbocycles. The highest BCUT2D eigenvalue weighted by molar-refractivity contribution is 9.10. The molecule has 0 aromatic heterocycles. The summed E-state index contributed by atoms with van der Waals surface area (Å²) >= 11 is 3.59. The van der Waals surface area contributed by atoms with Crippen LogP contribution in [0.2, 0.25) is 0 Å². The number of halogens is 1. The van der Waals surface area contributed by atoms with Crippen LogP contribution in [-0.4, -0.2) is 0 Å². The maximum absolute atomic E-state index is 3.59. The normalized spacial score (nSPS) is 16.9. The fourth-order valence-electron chi connectivity index (χ4n) is 3.28. The minimum absolute atomic E-state index is 0.464. The van der Waals surface area contributed by atoms with Crippen LogP contribution in [0, 0.1) is 0 Å². The Labute approximate surface area is 133 Å². The molecule has 0 nitrogen and oxygen atoms in total. The Hall–Kier alpha value is -1.86. The van der Waals surface area contributed by atoms with Gasteiger partial charge in [-0.3, -0.25) is 0 Å². The zero-order valence-electron chi connectivity index (χ0n) is 11.8. The highest BCUT2D eigenvalue weighted by Gasteiger charge is 2.22. The highest BCUT2D eigenvalue weighted by Crippen LogP contribution is 2.42. The Morgan fingerprint density at radius 3 is 2.57 bits per heavy atom. The summed E-state index contributed by atoms with van der Waals surface area (Å²) in [6.45, 7) is 2.27. The van der Waals surface area contributed by atoms with Crippen molar-refractivity contribution in [2.45, 2.75) is 12.8 Å². The molecule has 0 heterocycles. The Kier molecular flexibility index (Phi) is 2.97. The third kappa shape index (κ3) is 2.04. The molecule has 1 atom stereocenters. The van der Waals surface area contributed by atoms with Crippen molar-refractivity contribution >= 4 is 32.3 Å². The van der Waals surface area contributed by atoms with Gasteiger partial charge in [0.05, 0.1) is 0 Å². The summed E-state index contributed by atoms with van der Waals surface area (Å²) in [6, 6.07) is 21.8. The van der Waals surface area contributed by atoms with Gasteiger partial charge >= 0.3 is 0 Å². The van der Waals surface area contributed by atoms with Crippen LogP contribution in [-0.2, 0) is 0 Å². The van der Waals surface area contributed by atoms with Gasteiger partial charge in [0.1, 0.15) is 0 Å². The lowest BCUT2D eigenvalue weighted by Crippen LogP contribution is -1.89. The number of hydrogen-bond donors (Lipinski definition) is 0. The molecule has 0 bridgehead atoms. The van der Waals surface area contributed by atoms with E-state index in [-0.39, 0.29) is 0 Å². The van der Waals surface area contributed by atoms with Gasteiger partial charge in [-0.25, -0.2) is 0 Å². The zero-order chi connectivity index (χ0) is 14.4. The second-order valence-electron chi connectivity index (χ2n) is 5.63. The molecule has 0 amide bonds. The second-order valence-corrected chi connectivity index (χ2v) is 6.54.